The molecule has 1 aromatic heterocycles. The number of halogens is 1. The van der Waals surface area contributed by atoms with Gasteiger partial charge >= 0.3 is 0 Å². The molecule has 0 aliphatic carbocycles. The zero-order valence-electron chi connectivity index (χ0n) is 11.3. The van der Waals surface area contributed by atoms with Gasteiger partial charge in [-0.3, -0.25) is 0 Å². The summed E-state index contributed by atoms with van der Waals surface area (Å²) in [6.07, 6.45) is 2.73. The van der Waals surface area contributed by atoms with Gasteiger partial charge in [-0.1, -0.05) is 6.92 Å². The highest BCUT2D eigenvalue weighted by Crippen LogP contribution is 2.24. The minimum absolute atomic E-state index is 0.353. The summed E-state index contributed by atoms with van der Waals surface area (Å²) in [5, 5.41) is 0. The fraction of sp³-hybridized carbons (Fsp3) is 0.667. The van der Waals surface area contributed by atoms with Gasteiger partial charge in [0.1, 0.15) is 0 Å². The van der Waals surface area contributed by atoms with Gasteiger partial charge in [-0.05, 0) is 29.3 Å². The van der Waals surface area contributed by atoms with Crippen molar-refractivity contribution < 1.29 is 9.47 Å². The molecule has 0 radical (unpaired) electrons. The van der Waals surface area contributed by atoms with Crippen LogP contribution >= 0.6 is 15.9 Å². The summed E-state index contributed by atoms with van der Waals surface area (Å²) in [4.78, 5) is 10.9. The lowest BCUT2D eigenvalue weighted by Crippen LogP contribution is -2.36. The standard InChI is InChI=1S/C12H20BrN3O2/c1-5-9(2)16(6-7-17-3)12-14-8-10(13)11(15-12)18-4/h8-9H,5-7H2,1-4H3. The normalized spacial score (nSPS) is 12.3. The fourth-order valence-corrected chi connectivity index (χ4v) is 1.90. The average molecular weight is 318 g/mol. The first-order valence-electron chi connectivity index (χ1n) is 5.96. The van der Waals surface area contributed by atoms with Crippen LogP contribution in [-0.4, -0.2) is 43.4 Å². The van der Waals surface area contributed by atoms with E-state index in [0.29, 0.717) is 24.5 Å². The molecule has 0 fully saturated rings. The lowest BCUT2D eigenvalue weighted by molar-refractivity contribution is 0.202. The molecule has 0 aliphatic heterocycles. The second-order valence-electron chi connectivity index (χ2n) is 3.97. The van der Waals surface area contributed by atoms with Crippen LogP contribution < -0.4 is 9.64 Å². The Balaban J connectivity index is 2.96. The molecular formula is C12H20BrN3O2. The number of nitrogens with zero attached hydrogens (tertiary/aromatic N) is 3. The number of aromatic nitrogens is 2. The van der Waals surface area contributed by atoms with E-state index >= 15 is 0 Å². The second kappa shape index (κ2) is 7.53. The van der Waals surface area contributed by atoms with E-state index in [0.717, 1.165) is 17.4 Å². The third-order valence-electron chi connectivity index (χ3n) is 2.81. The van der Waals surface area contributed by atoms with Crippen LogP contribution in [0.1, 0.15) is 20.3 Å². The highest BCUT2D eigenvalue weighted by atomic mass is 79.9. The first kappa shape index (κ1) is 15.2. The third-order valence-corrected chi connectivity index (χ3v) is 3.35. The lowest BCUT2D eigenvalue weighted by atomic mass is 10.2. The number of rotatable bonds is 7. The Labute approximate surface area is 117 Å². The van der Waals surface area contributed by atoms with Crippen molar-refractivity contribution in [1.29, 1.82) is 0 Å². The van der Waals surface area contributed by atoms with Crippen LogP contribution in [0.15, 0.2) is 10.7 Å². The average Bonchev–Trinajstić information content (AvgIpc) is 2.40. The van der Waals surface area contributed by atoms with E-state index in [1.165, 1.54) is 0 Å². The first-order valence-corrected chi connectivity index (χ1v) is 6.75. The molecule has 0 bridgehead atoms. The largest absolute Gasteiger partial charge is 0.480 e. The van der Waals surface area contributed by atoms with E-state index in [-0.39, 0.29) is 0 Å². The van der Waals surface area contributed by atoms with Crippen LogP contribution in [0.5, 0.6) is 5.88 Å². The summed E-state index contributed by atoms with van der Waals surface area (Å²) in [6.45, 7) is 5.69. The Kier molecular flexibility index (Phi) is 6.35. The maximum absolute atomic E-state index is 5.20. The summed E-state index contributed by atoms with van der Waals surface area (Å²) in [5.74, 6) is 1.21. The fourth-order valence-electron chi connectivity index (χ4n) is 1.55. The molecule has 0 aliphatic rings. The molecular weight excluding hydrogens is 298 g/mol. The molecule has 102 valence electrons. The predicted octanol–water partition coefficient (Wildman–Crippen LogP) is 2.50. The number of ether oxygens (including phenoxy) is 2. The molecule has 1 heterocycles. The van der Waals surface area contributed by atoms with Gasteiger partial charge < -0.3 is 14.4 Å². The zero-order chi connectivity index (χ0) is 13.5. The van der Waals surface area contributed by atoms with Gasteiger partial charge in [0.2, 0.25) is 11.8 Å². The molecule has 1 unspecified atom stereocenters. The van der Waals surface area contributed by atoms with Crippen molar-refractivity contribution in [3.8, 4) is 5.88 Å². The molecule has 6 heteroatoms. The quantitative estimate of drug-likeness (QED) is 0.773. The van der Waals surface area contributed by atoms with Gasteiger partial charge in [0.15, 0.2) is 0 Å². The van der Waals surface area contributed by atoms with E-state index in [1.807, 2.05) is 0 Å². The molecule has 0 N–H and O–H groups in total. The maximum atomic E-state index is 5.20. The molecule has 0 saturated carbocycles. The smallest absolute Gasteiger partial charge is 0.232 e. The Bertz CT molecular complexity index is 376. The number of hydrogen-bond donors (Lipinski definition) is 0. The number of hydrogen-bond acceptors (Lipinski definition) is 5. The van der Waals surface area contributed by atoms with Crippen LogP contribution in [0.4, 0.5) is 5.95 Å². The van der Waals surface area contributed by atoms with Crippen LogP contribution in [0.2, 0.25) is 0 Å². The molecule has 1 rings (SSSR count). The highest BCUT2D eigenvalue weighted by molar-refractivity contribution is 9.10. The number of anilines is 1. The van der Waals surface area contributed by atoms with Crippen LogP contribution in [0, 0.1) is 0 Å². The van der Waals surface area contributed by atoms with Crippen molar-refractivity contribution in [3.05, 3.63) is 10.7 Å². The van der Waals surface area contributed by atoms with Gasteiger partial charge in [-0.15, -0.1) is 0 Å². The van der Waals surface area contributed by atoms with Gasteiger partial charge in [-0.2, -0.15) is 4.98 Å². The highest BCUT2D eigenvalue weighted by Gasteiger charge is 2.17. The molecule has 1 atom stereocenters. The minimum atomic E-state index is 0.353. The van der Waals surface area contributed by atoms with Crippen molar-refractivity contribution in [2.24, 2.45) is 0 Å². The van der Waals surface area contributed by atoms with Crippen LogP contribution in [0.25, 0.3) is 0 Å². The zero-order valence-corrected chi connectivity index (χ0v) is 12.9. The van der Waals surface area contributed by atoms with Gasteiger partial charge in [0, 0.05) is 19.7 Å². The molecule has 0 spiro atoms. The Morgan fingerprint density at radius 1 is 1.44 bits per heavy atom. The van der Waals surface area contributed by atoms with Crippen LogP contribution in [0.3, 0.4) is 0 Å². The van der Waals surface area contributed by atoms with Crippen LogP contribution in [-0.2, 0) is 4.74 Å². The first-order chi connectivity index (χ1) is 8.63. The van der Waals surface area contributed by atoms with Crippen molar-refractivity contribution in [2.45, 2.75) is 26.3 Å². The van der Waals surface area contributed by atoms with Gasteiger partial charge in [0.25, 0.3) is 0 Å². The molecule has 18 heavy (non-hydrogen) atoms. The molecule has 0 amide bonds. The van der Waals surface area contributed by atoms with E-state index in [4.69, 9.17) is 9.47 Å². The predicted molar refractivity (Wildman–Crippen MR) is 75.3 cm³/mol. The van der Waals surface area contributed by atoms with Gasteiger partial charge in [0.05, 0.1) is 24.4 Å². The maximum Gasteiger partial charge on any atom is 0.232 e. The molecule has 5 nitrogen and oxygen atoms in total. The topological polar surface area (TPSA) is 47.5 Å². The Hall–Kier alpha value is -0.880. The summed E-state index contributed by atoms with van der Waals surface area (Å²) in [7, 11) is 3.29. The Morgan fingerprint density at radius 3 is 2.72 bits per heavy atom. The van der Waals surface area contributed by atoms with E-state index in [2.05, 4.69) is 44.6 Å². The molecule has 1 aromatic rings. The lowest BCUT2D eigenvalue weighted by Gasteiger charge is -2.28. The minimum Gasteiger partial charge on any atom is -0.480 e. The SMILES string of the molecule is CCC(C)N(CCOC)c1ncc(Br)c(OC)n1. The summed E-state index contributed by atoms with van der Waals surface area (Å²) >= 11 is 3.35. The van der Waals surface area contributed by atoms with Crippen molar-refractivity contribution in [2.75, 3.05) is 32.3 Å². The van der Waals surface area contributed by atoms with Crippen molar-refractivity contribution in [3.63, 3.8) is 0 Å². The molecule has 0 saturated heterocycles. The summed E-state index contributed by atoms with van der Waals surface area (Å²) in [5.41, 5.74) is 0. The second-order valence-corrected chi connectivity index (χ2v) is 4.83. The number of methoxy groups -OCH3 is 2. The van der Waals surface area contributed by atoms with Crippen molar-refractivity contribution in [1.82, 2.24) is 9.97 Å². The van der Waals surface area contributed by atoms with Crippen molar-refractivity contribution >= 4 is 21.9 Å². The summed E-state index contributed by atoms with van der Waals surface area (Å²) < 4.78 is 11.1. The van der Waals surface area contributed by atoms with E-state index in [1.54, 1.807) is 20.4 Å². The van der Waals surface area contributed by atoms with E-state index in [9.17, 15) is 0 Å². The van der Waals surface area contributed by atoms with Gasteiger partial charge in [-0.25, -0.2) is 4.98 Å². The third kappa shape index (κ3) is 3.81. The summed E-state index contributed by atoms with van der Waals surface area (Å²) in [6, 6.07) is 0.353. The molecule has 0 aromatic carbocycles. The monoisotopic (exact) mass is 317 g/mol. The Morgan fingerprint density at radius 2 is 2.17 bits per heavy atom. The van der Waals surface area contributed by atoms with E-state index < -0.39 is 0 Å².